The summed E-state index contributed by atoms with van der Waals surface area (Å²) in [5.74, 6) is 1.01. The zero-order valence-corrected chi connectivity index (χ0v) is 30.6. The quantitative estimate of drug-likeness (QED) is 0.158. The van der Waals surface area contributed by atoms with Crippen LogP contribution in [0.5, 0.6) is 0 Å². The standard InChI is InChI=1S/C48H30F6N4/c1-29-16-18-30(19-17-29)33-20-23-38-37-14-8-9-15-41(37)58(42(38)26-33)43-27-34(36-25-22-35(47(49,50)51)28-40(36)48(52,53)54)21-24-39(43)46-56-44(31-10-4-2-5-11-31)55-45(57-46)32-12-6-3-7-13-32/h2-28H,1H3. The molecule has 0 N–H and O–H groups in total. The number of alkyl halides is 6. The van der Waals surface area contributed by atoms with E-state index in [9.17, 15) is 26.3 Å². The maximum atomic E-state index is 14.7. The van der Waals surface area contributed by atoms with E-state index in [-0.39, 0.29) is 17.5 Å². The smallest absolute Gasteiger partial charge is 0.308 e. The molecule has 4 nitrogen and oxygen atoms in total. The van der Waals surface area contributed by atoms with E-state index >= 15 is 0 Å². The third kappa shape index (κ3) is 6.76. The molecule has 10 heteroatoms. The van der Waals surface area contributed by atoms with Gasteiger partial charge in [-0.3, -0.25) is 0 Å². The molecule has 2 aromatic heterocycles. The summed E-state index contributed by atoms with van der Waals surface area (Å²) in [6, 6.07) is 47.0. The van der Waals surface area contributed by atoms with Crippen molar-refractivity contribution >= 4 is 21.8 Å². The van der Waals surface area contributed by atoms with Gasteiger partial charge in [-0.2, -0.15) is 26.3 Å². The highest BCUT2D eigenvalue weighted by atomic mass is 19.4. The van der Waals surface area contributed by atoms with E-state index in [1.165, 1.54) is 6.07 Å². The monoisotopic (exact) mass is 776 g/mol. The average molecular weight is 777 g/mol. The number of aryl methyl sites for hydroxylation is 1. The Labute approximate surface area is 328 Å². The number of hydrogen-bond acceptors (Lipinski definition) is 3. The summed E-state index contributed by atoms with van der Waals surface area (Å²) in [4.78, 5) is 14.8. The van der Waals surface area contributed by atoms with Crippen LogP contribution >= 0.6 is 0 Å². The Kier molecular flexibility index (Phi) is 8.92. The number of nitrogens with zero attached hydrogens (tertiary/aromatic N) is 4. The van der Waals surface area contributed by atoms with Gasteiger partial charge in [0.05, 0.1) is 27.8 Å². The molecule has 9 rings (SSSR count). The summed E-state index contributed by atoms with van der Waals surface area (Å²) in [6.07, 6.45) is -10.1. The van der Waals surface area contributed by atoms with Crippen LogP contribution in [0.25, 0.3) is 83.9 Å². The lowest BCUT2D eigenvalue weighted by molar-refractivity contribution is -0.142. The lowest BCUT2D eigenvalue weighted by Gasteiger charge is -2.19. The zero-order chi connectivity index (χ0) is 40.2. The summed E-state index contributed by atoms with van der Waals surface area (Å²) >= 11 is 0. The molecule has 58 heavy (non-hydrogen) atoms. The van der Waals surface area contributed by atoms with Crippen LogP contribution in [0.15, 0.2) is 164 Å². The Morgan fingerprint density at radius 3 is 1.60 bits per heavy atom. The molecule has 2 heterocycles. The Morgan fingerprint density at radius 2 is 0.966 bits per heavy atom. The van der Waals surface area contributed by atoms with Gasteiger partial charge in [0.1, 0.15) is 0 Å². The van der Waals surface area contributed by atoms with Crippen molar-refractivity contribution in [3.63, 3.8) is 0 Å². The molecule has 7 aromatic carbocycles. The SMILES string of the molecule is Cc1ccc(-c2ccc3c4ccccc4n(-c4cc(-c5ccc(C(F)(F)F)cc5C(F)(F)F)ccc4-c4nc(-c5ccccc5)nc(-c5ccccc5)n4)c3c2)cc1. The van der Waals surface area contributed by atoms with Gasteiger partial charge in [0.25, 0.3) is 0 Å². The first-order valence-electron chi connectivity index (χ1n) is 18.3. The summed E-state index contributed by atoms with van der Waals surface area (Å²) in [6.45, 7) is 2.01. The molecule has 0 atom stereocenters. The topological polar surface area (TPSA) is 43.6 Å². The lowest BCUT2D eigenvalue weighted by atomic mass is 9.95. The fraction of sp³-hybridized carbons (Fsp3) is 0.0625. The van der Waals surface area contributed by atoms with Gasteiger partial charge in [0, 0.05) is 27.5 Å². The number of aromatic nitrogens is 4. The highest BCUT2D eigenvalue weighted by molar-refractivity contribution is 6.10. The van der Waals surface area contributed by atoms with E-state index in [1.54, 1.807) is 12.1 Å². The van der Waals surface area contributed by atoms with Crippen molar-refractivity contribution in [2.75, 3.05) is 0 Å². The van der Waals surface area contributed by atoms with E-state index in [0.717, 1.165) is 55.7 Å². The Morgan fingerprint density at radius 1 is 0.414 bits per heavy atom. The third-order valence-electron chi connectivity index (χ3n) is 10.2. The molecule has 0 radical (unpaired) electrons. The molecule has 0 aliphatic rings. The van der Waals surface area contributed by atoms with E-state index in [0.29, 0.717) is 29.0 Å². The molecule has 0 spiro atoms. The van der Waals surface area contributed by atoms with Crippen LogP contribution in [0.2, 0.25) is 0 Å². The van der Waals surface area contributed by atoms with Crippen LogP contribution in [-0.2, 0) is 12.4 Å². The molecule has 0 aliphatic carbocycles. The summed E-state index contributed by atoms with van der Waals surface area (Å²) in [5, 5.41) is 1.78. The van der Waals surface area contributed by atoms with Crippen molar-refractivity contribution < 1.29 is 26.3 Å². The second kappa shape index (κ2) is 14.1. The van der Waals surface area contributed by atoms with Gasteiger partial charge in [-0.25, -0.2) is 15.0 Å². The van der Waals surface area contributed by atoms with E-state index in [2.05, 4.69) is 0 Å². The fourth-order valence-corrected chi connectivity index (χ4v) is 7.36. The average Bonchev–Trinajstić information content (AvgIpc) is 3.57. The molecule has 0 bridgehead atoms. The molecular formula is C48H30F6N4. The molecule has 0 amide bonds. The van der Waals surface area contributed by atoms with Crippen LogP contribution in [-0.4, -0.2) is 19.5 Å². The number of fused-ring (bicyclic) bond motifs is 3. The van der Waals surface area contributed by atoms with Crippen LogP contribution in [0.3, 0.4) is 0 Å². The summed E-state index contributed by atoms with van der Waals surface area (Å²) < 4.78 is 87.3. The van der Waals surface area contributed by atoms with Crippen molar-refractivity contribution in [2.24, 2.45) is 0 Å². The molecule has 284 valence electrons. The number of hydrogen-bond donors (Lipinski definition) is 0. The first kappa shape index (κ1) is 36.6. The fourth-order valence-electron chi connectivity index (χ4n) is 7.36. The van der Waals surface area contributed by atoms with E-state index < -0.39 is 29.0 Å². The van der Waals surface area contributed by atoms with Gasteiger partial charge in [-0.1, -0.05) is 133 Å². The first-order valence-corrected chi connectivity index (χ1v) is 18.3. The normalized spacial score (nSPS) is 12.1. The van der Waals surface area contributed by atoms with Gasteiger partial charge < -0.3 is 4.57 Å². The first-order chi connectivity index (χ1) is 27.9. The summed E-state index contributed by atoms with van der Waals surface area (Å²) in [5.41, 5.74) is 3.67. The number of benzene rings is 7. The predicted octanol–water partition coefficient (Wildman–Crippen LogP) is 13.6. The molecular weight excluding hydrogens is 747 g/mol. The Balaban J connectivity index is 1.37. The van der Waals surface area contributed by atoms with Crippen LogP contribution in [0, 0.1) is 6.92 Å². The van der Waals surface area contributed by atoms with Gasteiger partial charge in [0.2, 0.25) is 0 Å². The Bertz CT molecular complexity index is 2910. The van der Waals surface area contributed by atoms with Gasteiger partial charge in [0.15, 0.2) is 17.5 Å². The minimum Gasteiger partial charge on any atom is -0.308 e. The van der Waals surface area contributed by atoms with Crippen molar-refractivity contribution in [1.29, 1.82) is 0 Å². The molecule has 0 saturated heterocycles. The van der Waals surface area contributed by atoms with Crippen molar-refractivity contribution in [2.45, 2.75) is 19.3 Å². The third-order valence-corrected chi connectivity index (χ3v) is 10.2. The highest BCUT2D eigenvalue weighted by Gasteiger charge is 2.38. The van der Waals surface area contributed by atoms with Crippen molar-refractivity contribution in [3.05, 3.63) is 180 Å². The second-order valence-corrected chi connectivity index (χ2v) is 14.0. The number of halogens is 6. The van der Waals surface area contributed by atoms with Gasteiger partial charge in [-0.15, -0.1) is 0 Å². The molecule has 9 aromatic rings. The largest absolute Gasteiger partial charge is 0.417 e. The van der Waals surface area contributed by atoms with Crippen LogP contribution < -0.4 is 0 Å². The number of rotatable bonds is 6. The van der Waals surface area contributed by atoms with Crippen molar-refractivity contribution in [3.8, 4) is 62.1 Å². The minimum absolute atomic E-state index is 0.0565. The second-order valence-electron chi connectivity index (χ2n) is 14.0. The van der Waals surface area contributed by atoms with E-state index in [1.807, 2.05) is 139 Å². The number of para-hydroxylation sites is 1. The van der Waals surface area contributed by atoms with Gasteiger partial charge >= 0.3 is 12.4 Å². The lowest BCUT2D eigenvalue weighted by Crippen LogP contribution is -2.12. The Hall–Kier alpha value is -7.07. The molecule has 0 fully saturated rings. The van der Waals surface area contributed by atoms with Crippen LogP contribution in [0.1, 0.15) is 16.7 Å². The maximum Gasteiger partial charge on any atom is 0.417 e. The van der Waals surface area contributed by atoms with Crippen LogP contribution in [0.4, 0.5) is 26.3 Å². The molecule has 0 unspecified atom stereocenters. The van der Waals surface area contributed by atoms with E-state index in [4.69, 9.17) is 15.0 Å². The highest BCUT2D eigenvalue weighted by Crippen LogP contribution is 2.44. The van der Waals surface area contributed by atoms with Gasteiger partial charge in [-0.05, 0) is 65.6 Å². The molecule has 0 saturated carbocycles. The molecule has 0 aliphatic heterocycles. The minimum atomic E-state index is -5.09. The predicted molar refractivity (Wildman–Crippen MR) is 216 cm³/mol. The van der Waals surface area contributed by atoms with Crippen molar-refractivity contribution in [1.82, 2.24) is 19.5 Å². The maximum absolute atomic E-state index is 14.7. The summed E-state index contributed by atoms with van der Waals surface area (Å²) in [7, 11) is 0. The zero-order valence-electron chi connectivity index (χ0n) is 30.6.